The minimum absolute atomic E-state index is 0.0645. The van der Waals surface area contributed by atoms with Crippen LogP contribution in [-0.4, -0.2) is 53.8 Å². The summed E-state index contributed by atoms with van der Waals surface area (Å²) in [5.74, 6) is 4.78. The summed E-state index contributed by atoms with van der Waals surface area (Å²) in [5, 5.41) is 0. The fourth-order valence-corrected chi connectivity index (χ4v) is 3.06. The zero-order valence-electron chi connectivity index (χ0n) is 11.4. The van der Waals surface area contributed by atoms with Crippen LogP contribution in [0.15, 0.2) is 0 Å². The summed E-state index contributed by atoms with van der Waals surface area (Å²) in [4.78, 5) is 27.3. The van der Waals surface area contributed by atoms with E-state index in [2.05, 4.69) is 4.90 Å². The van der Waals surface area contributed by atoms with Gasteiger partial charge in [-0.1, -0.05) is 12.8 Å². The molecule has 1 heterocycles. The van der Waals surface area contributed by atoms with E-state index in [1.165, 1.54) is 25.7 Å². The summed E-state index contributed by atoms with van der Waals surface area (Å²) in [5.41, 5.74) is 2.05. The smallest absolute Gasteiger partial charge is 0.234 e. The number of carbonyl (C=O) groups is 2. The molecule has 2 aliphatic rings. The molecule has 0 atom stereocenters. The largest absolute Gasteiger partial charge is 0.340 e. The Kier molecular flexibility index (Phi) is 5.15. The third kappa shape index (κ3) is 3.91. The lowest BCUT2D eigenvalue weighted by molar-refractivity contribution is -0.135. The highest BCUT2D eigenvalue weighted by atomic mass is 16.2. The fraction of sp³-hybridized carbons (Fsp3) is 0.846. The summed E-state index contributed by atoms with van der Waals surface area (Å²) in [6, 6.07) is 0.736. The molecule has 0 aromatic heterocycles. The van der Waals surface area contributed by atoms with Gasteiger partial charge in [-0.05, 0) is 12.8 Å². The Balaban J connectivity index is 1.70. The van der Waals surface area contributed by atoms with Crippen molar-refractivity contribution in [3.05, 3.63) is 0 Å². The molecule has 0 aromatic carbocycles. The predicted octanol–water partition coefficient (Wildman–Crippen LogP) is -0.157. The van der Waals surface area contributed by atoms with Gasteiger partial charge in [-0.3, -0.25) is 19.9 Å². The Morgan fingerprint density at radius 1 is 1.05 bits per heavy atom. The van der Waals surface area contributed by atoms with Gasteiger partial charge in [0.25, 0.3) is 0 Å². The number of hydrogen-bond donors (Lipinski definition) is 2. The van der Waals surface area contributed by atoms with Crippen LogP contribution in [0.25, 0.3) is 0 Å². The number of piperazine rings is 1. The second kappa shape index (κ2) is 6.86. The van der Waals surface area contributed by atoms with Gasteiger partial charge in [0, 0.05) is 45.1 Å². The Morgan fingerprint density at radius 2 is 1.68 bits per heavy atom. The van der Waals surface area contributed by atoms with E-state index in [0.29, 0.717) is 0 Å². The summed E-state index contributed by atoms with van der Waals surface area (Å²) < 4.78 is 0. The molecule has 108 valence electrons. The average molecular weight is 268 g/mol. The molecule has 6 nitrogen and oxygen atoms in total. The quantitative estimate of drug-likeness (QED) is 0.422. The van der Waals surface area contributed by atoms with Crippen molar-refractivity contribution in [2.24, 2.45) is 5.84 Å². The maximum atomic E-state index is 11.9. The first kappa shape index (κ1) is 14.3. The molecule has 2 fully saturated rings. The number of nitrogens with one attached hydrogen (secondary N) is 1. The van der Waals surface area contributed by atoms with Crippen LogP contribution >= 0.6 is 0 Å². The van der Waals surface area contributed by atoms with Crippen molar-refractivity contribution in [2.75, 3.05) is 26.2 Å². The van der Waals surface area contributed by atoms with Gasteiger partial charge < -0.3 is 4.90 Å². The standard InChI is InChI=1S/C13H24N4O2/c14-15-12(18)5-6-13(19)17-9-7-16(8-10-17)11-3-1-2-4-11/h11H,1-10,14H2,(H,15,18). The van der Waals surface area contributed by atoms with Crippen LogP contribution in [0.3, 0.4) is 0 Å². The average Bonchev–Trinajstić information content (AvgIpc) is 2.98. The molecule has 2 amide bonds. The topological polar surface area (TPSA) is 78.7 Å². The van der Waals surface area contributed by atoms with Crippen molar-refractivity contribution in [2.45, 2.75) is 44.6 Å². The first-order valence-electron chi connectivity index (χ1n) is 7.22. The predicted molar refractivity (Wildman–Crippen MR) is 72.0 cm³/mol. The highest BCUT2D eigenvalue weighted by molar-refractivity contribution is 5.83. The van der Waals surface area contributed by atoms with Crippen LogP contribution in [0.2, 0.25) is 0 Å². The van der Waals surface area contributed by atoms with E-state index in [-0.39, 0.29) is 24.7 Å². The van der Waals surface area contributed by atoms with Crippen molar-refractivity contribution in [3.63, 3.8) is 0 Å². The second-order valence-electron chi connectivity index (χ2n) is 5.42. The lowest BCUT2D eigenvalue weighted by atomic mass is 10.1. The summed E-state index contributed by atoms with van der Waals surface area (Å²) in [6.07, 6.45) is 5.75. The van der Waals surface area contributed by atoms with E-state index in [9.17, 15) is 9.59 Å². The molecule has 2 rings (SSSR count). The minimum atomic E-state index is -0.280. The molecule has 1 aliphatic carbocycles. The molecular weight excluding hydrogens is 244 g/mol. The van der Waals surface area contributed by atoms with Crippen molar-refractivity contribution in [3.8, 4) is 0 Å². The summed E-state index contributed by atoms with van der Waals surface area (Å²) >= 11 is 0. The number of nitrogens with two attached hydrogens (primary N) is 1. The maximum Gasteiger partial charge on any atom is 0.234 e. The molecule has 1 saturated carbocycles. The molecule has 1 aliphatic heterocycles. The molecule has 19 heavy (non-hydrogen) atoms. The number of hydrazine groups is 1. The maximum absolute atomic E-state index is 11.9. The fourth-order valence-electron chi connectivity index (χ4n) is 3.06. The van der Waals surface area contributed by atoms with E-state index in [0.717, 1.165) is 32.2 Å². The minimum Gasteiger partial charge on any atom is -0.340 e. The molecule has 3 N–H and O–H groups in total. The normalized spacial score (nSPS) is 21.6. The molecular formula is C13H24N4O2. The monoisotopic (exact) mass is 268 g/mol. The molecule has 0 unspecified atom stereocenters. The van der Waals surface area contributed by atoms with E-state index in [1.807, 2.05) is 10.3 Å². The number of amides is 2. The van der Waals surface area contributed by atoms with Crippen LogP contribution in [0.1, 0.15) is 38.5 Å². The Labute approximate surface area is 114 Å². The van der Waals surface area contributed by atoms with Gasteiger partial charge in [0.1, 0.15) is 0 Å². The number of hydrogen-bond acceptors (Lipinski definition) is 4. The van der Waals surface area contributed by atoms with Crippen LogP contribution < -0.4 is 11.3 Å². The highest BCUT2D eigenvalue weighted by Gasteiger charge is 2.27. The summed E-state index contributed by atoms with van der Waals surface area (Å²) in [6.45, 7) is 3.53. The van der Waals surface area contributed by atoms with Crippen molar-refractivity contribution in [1.29, 1.82) is 0 Å². The molecule has 0 spiro atoms. The number of carbonyl (C=O) groups excluding carboxylic acids is 2. The first-order valence-corrected chi connectivity index (χ1v) is 7.22. The van der Waals surface area contributed by atoms with E-state index >= 15 is 0 Å². The van der Waals surface area contributed by atoms with Crippen molar-refractivity contribution < 1.29 is 9.59 Å². The molecule has 0 radical (unpaired) electrons. The molecule has 1 saturated heterocycles. The van der Waals surface area contributed by atoms with E-state index in [4.69, 9.17) is 5.84 Å². The Morgan fingerprint density at radius 3 is 2.26 bits per heavy atom. The van der Waals surface area contributed by atoms with Crippen molar-refractivity contribution >= 4 is 11.8 Å². The highest BCUT2D eigenvalue weighted by Crippen LogP contribution is 2.24. The number of nitrogens with zero attached hydrogens (tertiary/aromatic N) is 2. The zero-order chi connectivity index (χ0) is 13.7. The summed E-state index contributed by atoms with van der Waals surface area (Å²) in [7, 11) is 0. The molecule has 0 bridgehead atoms. The van der Waals surface area contributed by atoms with Crippen molar-refractivity contribution in [1.82, 2.24) is 15.2 Å². The van der Waals surface area contributed by atoms with Gasteiger partial charge in [-0.15, -0.1) is 0 Å². The van der Waals surface area contributed by atoms with Crippen LogP contribution in [0.4, 0.5) is 0 Å². The lowest BCUT2D eigenvalue weighted by Crippen LogP contribution is -2.51. The van der Waals surface area contributed by atoms with Gasteiger partial charge >= 0.3 is 0 Å². The third-order valence-corrected chi connectivity index (χ3v) is 4.23. The first-order chi connectivity index (χ1) is 9.20. The van der Waals surface area contributed by atoms with Crippen LogP contribution in [0, 0.1) is 0 Å². The van der Waals surface area contributed by atoms with Gasteiger partial charge in [-0.2, -0.15) is 0 Å². The Hall–Kier alpha value is -1.14. The van der Waals surface area contributed by atoms with Crippen LogP contribution in [0.5, 0.6) is 0 Å². The van der Waals surface area contributed by atoms with Gasteiger partial charge in [-0.25, -0.2) is 5.84 Å². The second-order valence-corrected chi connectivity index (χ2v) is 5.42. The third-order valence-electron chi connectivity index (χ3n) is 4.23. The Bertz CT molecular complexity index is 321. The van der Waals surface area contributed by atoms with Crippen LogP contribution in [-0.2, 0) is 9.59 Å². The lowest BCUT2D eigenvalue weighted by Gasteiger charge is -2.38. The molecule has 0 aromatic rings. The van der Waals surface area contributed by atoms with E-state index in [1.54, 1.807) is 0 Å². The van der Waals surface area contributed by atoms with Gasteiger partial charge in [0.2, 0.25) is 11.8 Å². The zero-order valence-corrected chi connectivity index (χ0v) is 11.4. The van der Waals surface area contributed by atoms with Gasteiger partial charge in [0.05, 0.1) is 0 Å². The van der Waals surface area contributed by atoms with Gasteiger partial charge in [0.15, 0.2) is 0 Å². The molecule has 6 heteroatoms. The number of rotatable bonds is 4. The SMILES string of the molecule is NNC(=O)CCC(=O)N1CCN(C2CCCC2)CC1. The van der Waals surface area contributed by atoms with E-state index < -0.39 is 0 Å².